The summed E-state index contributed by atoms with van der Waals surface area (Å²) in [6.07, 6.45) is 0.996. The highest BCUT2D eigenvalue weighted by Gasteiger charge is 2.35. The fourth-order valence-corrected chi connectivity index (χ4v) is 17.6. The smallest absolute Gasteiger partial charge is 0.335 e. The van der Waals surface area contributed by atoms with E-state index in [0.717, 1.165) is 86.3 Å². The Hall–Kier alpha value is -11.4. The lowest BCUT2D eigenvalue weighted by atomic mass is 9.99. The summed E-state index contributed by atoms with van der Waals surface area (Å²) in [6, 6.07) is 77.5. The Balaban J connectivity index is 0.868. The summed E-state index contributed by atoms with van der Waals surface area (Å²) in [5.74, 6) is -5.47. The van der Waals surface area contributed by atoms with Gasteiger partial charge in [-0.15, -0.1) is 22.7 Å². The first-order valence-corrected chi connectivity index (χ1v) is 39.7. The zero-order valence-electron chi connectivity index (χ0n) is 58.9. The third-order valence-corrected chi connectivity index (χ3v) is 24.0. The van der Waals surface area contributed by atoms with E-state index in [1.54, 1.807) is 24.3 Å². The van der Waals surface area contributed by atoms with Gasteiger partial charge in [0.15, 0.2) is 0 Å². The van der Waals surface area contributed by atoms with Gasteiger partial charge in [-0.1, -0.05) is 252 Å². The first-order valence-electron chi connectivity index (χ1n) is 35.6. The molecule has 20 heteroatoms. The lowest BCUT2D eigenvalue weighted by molar-refractivity contribution is -0.132. The number of fused-ring (bicyclic) bond motifs is 2. The molecule has 6 amide bonds. The Morgan fingerprint density at radius 1 is 0.306 bits per heavy atom. The fourth-order valence-electron chi connectivity index (χ4n) is 12.8. The minimum Gasteiger partial charge on any atom is -0.478 e. The molecule has 108 heavy (non-hydrogen) atoms. The van der Waals surface area contributed by atoms with Crippen molar-refractivity contribution >= 4 is 112 Å². The highest BCUT2D eigenvalue weighted by molar-refractivity contribution is 8.77. The molecule has 546 valence electrons. The molecule has 0 aliphatic heterocycles. The van der Waals surface area contributed by atoms with Gasteiger partial charge in [-0.2, -0.15) is 0 Å². The van der Waals surface area contributed by atoms with Crippen LogP contribution in [0.3, 0.4) is 0 Å². The lowest BCUT2D eigenvalue weighted by Crippen LogP contribution is -2.56. The van der Waals surface area contributed by atoms with Crippen LogP contribution < -0.4 is 31.9 Å². The molecule has 0 saturated heterocycles. The van der Waals surface area contributed by atoms with Gasteiger partial charge in [0, 0.05) is 48.2 Å². The van der Waals surface area contributed by atoms with E-state index in [4.69, 9.17) is 0 Å². The molecule has 0 saturated carbocycles. The molecule has 0 spiro atoms. The predicted octanol–water partition coefficient (Wildman–Crippen LogP) is 15.1. The number of nitrogens with one attached hydrogen (secondary N) is 6. The van der Waals surface area contributed by atoms with Gasteiger partial charge >= 0.3 is 11.9 Å². The van der Waals surface area contributed by atoms with E-state index < -0.39 is 82.0 Å². The van der Waals surface area contributed by atoms with E-state index >= 15 is 19.2 Å². The zero-order chi connectivity index (χ0) is 75.1. The van der Waals surface area contributed by atoms with Gasteiger partial charge in [0.25, 0.3) is 0 Å². The van der Waals surface area contributed by atoms with Crippen molar-refractivity contribution in [3.05, 3.63) is 333 Å². The van der Waals surface area contributed by atoms with Crippen molar-refractivity contribution in [3.8, 4) is 22.3 Å². The number of benzene rings is 10. The van der Waals surface area contributed by atoms with Crippen LogP contribution in [0.25, 0.3) is 42.4 Å². The number of amides is 6. The van der Waals surface area contributed by atoms with Crippen molar-refractivity contribution in [3.63, 3.8) is 0 Å². The van der Waals surface area contributed by atoms with E-state index in [1.807, 2.05) is 229 Å². The average molecular weight is 1510 g/mol. The van der Waals surface area contributed by atoms with Crippen LogP contribution in [-0.4, -0.2) is 92.3 Å². The van der Waals surface area contributed by atoms with Crippen LogP contribution in [0.2, 0.25) is 0 Å². The third-order valence-electron chi connectivity index (χ3n) is 18.8. The number of carbonyl (C=O) groups is 8. The zero-order valence-corrected chi connectivity index (χ0v) is 62.2. The van der Waals surface area contributed by atoms with E-state index in [-0.39, 0.29) is 75.6 Å². The molecule has 2 aromatic heterocycles. The maximum absolute atomic E-state index is 15.7. The molecule has 2 unspecified atom stereocenters. The van der Waals surface area contributed by atoms with E-state index in [0.29, 0.717) is 22.3 Å². The standard InChI is InChI=1S/C88H80N6O10S4/c95-81(89-53-61-17-5-1-6-18-61)75(51-69-55-105-77-27-15-13-25-71(69)77)91-83(97)73(49-59-33-39-65(40-34-59)63-21-9-3-10-22-63)93-85(99)79(47-37-57-29-43-67(44-30-57)87(101)102)107-108-80(48-38-58-31-45-68(46-32-58)88(103)104)86(100)94-74(50-60-35-41-66(42-36-60)64-23-11-4-12-24-64)84(98)92-76(82(96)90-54-62-19-7-2-8-20-62)52-70-56-106-78-28-16-14-26-72(70)78/h1-36,39-46,55-56,73-76,79-80H,37-38,47-54H2,(H,89,95)(H,90,96)(H,91,97)(H,92,98)(H,93,99)(H,94,100)(H,101,102)(H,103,104)/t73-,74-,75-,76-,79?,80?/m0/s1. The number of hydrogen-bond donors (Lipinski definition) is 8. The van der Waals surface area contributed by atoms with Crippen molar-refractivity contribution in [2.24, 2.45) is 0 Å². The summed E-state index contributed by atoms with van der Waals surface area (Å²) in [5.41, 5.74) is 10.2. The number of thiophene rings is 2. The summed E-state index contributed by atoms with van der Waals surface area (Å²) in [4.78, 5) is 116. The number of aryl methyl sites for hydroxylation is 2. The summed E-state index contributed by atoms with van der Waals surface area (Å²) in [6.45, 7) is 0.380. The van der Waals surface area contributed by atoms with Crippen LogP contribution in [0.4, 0.5) is 0 Å². The highest BCUT2D eigenvalue weighted by atomic mass is 33.1. The van der Waals surface area contributed by atoms with Gasteiger partial charge in [0.05, 0.1) is 21.6 Å². The number of carbonyl (C=O) groups excluding carboxylic acids is 6. The monoisotopic (exact) mass is 1510 g/mol. The summed E-state index contributed by atoms with van der Waals surface area (Å²) < 4.78 is 2.03. The third kappa shape index (κ3) is 21.2. The molecular weight excluding hydrogens is 1430 g/mol. The number of rotatable bonds is 35. The molecule has 12 aromatic rings. The maximum Gasteiger partial charge on any atom is 0.335 e. The molecule has 0 fully saturated rings. The molecule has 10 aromatic carbocycles. The summed E-state index contributed by atoms with van der Waals surface area (Å²) in [7, 11) is 2.21. The number of carboxylic acid groups (broad SMARTS) is 2. The predicted molar refractivity (Wildman–Crippen MR) is 433 cm³/mol. The van der Waals surface area contributed by atoms with Crippen molar-refractivity contribution in [2.75, 3.05) is 0 Å². The molecule has 16 nitrogen and oxygen atoms in total. The second-order valence-electron chi connectivity index (χ2n) is 26.4. The SMILES string of the molecule is O=C(O)c1ccc(CCC(SSC(CCc2ccc(C(=O)O)cc2)C(=O)N[C@@H](Cc2ccc(-c3ccccc3)cc2)C(=O)N[C@@H](Cc2csc3ccccc23)C(=O)NCc2ccccc2)C(=O)N[C@@H](Cc2ccc(-c3ccccc3)cc2)C(=O)N[C@@H](Cc2csc3ccccc23)C(=O)NCc2ccccc2)cc1. The van der Waals surface area contributed by atoms with Crippen molar-refractivity contribution in [1.82, 2.24) is 31.9 Å². The molecule has 0 bridgehead atoms. The molecule has 0 aliphatic carbocycles. The normalized spacial score (nSPS) is 12.9. The van der Waals surface area contributed by atoms with Crippen LogP contribution in [-0.2, 0) is 80.4 Å². The topological polar surface area (TPSA) is 249 Å². The minimum absolute atomic E-state index is 0.00289. The molecule has 8 N–H and O–H groups in total. The Morgan fingerprint density at radius 2 is 0.611 bits per heavy atom. The van der Waals surface area contributed by atoms with E-state index in [1.165, 1.54) is 46.9 Å². The Morgan fingerprint density at radius 3 is 0.972 bits per heavy atom. The highest BCUT2D eigenvalue weighted by Crippen LogP contribution is 2.37. The Labute approximate surface area is 642 Å². The van der Waals surface area contributed by atoms with Gasteiger partial charge in [-0.25, -0.2) is 9.59 Å². The van der Waals surface area contributed by atoms with Gasteiger partial charge in [-0.05, 0) is 150 Å². The lowest BCUT2D eigenvalue weighted by Gasteiger charge is -2.27. The second-order valence-corrected chi connectivity index (χ2v) is 30.9. The minimum atomic E-state index is -1.27. The molecule has 0 radical (unpaired) electrons. The average Bonchev–Trinajstić information content (AvgIpc) is 1.49. The van der Waals surface area contributed by atoms with E-state index in [2.05, 4.69) is 31.9 Å². The number of carboxylic acids is 2. The Kier molecular flexibility index (Phi) is 26.6. The van der Waals surface area contributed by atoms with Crippen LogP contribution in [0.15, 0.2) is 278 Å². The second kappa shape index (κ2) is 37.7. The molecule has 0 aliphatic rings. The van der Waals surface area contributed by atoms with Crippen LogP contribution in [0.5, 0.6) is 0 Å². The summed E-state index contributed by atoms with van der Waals surface area (Å²) in [5, 5.41) is 42.0. The largest absolute Gasteiger partial charge is 0.478 e. The van der Waals surface area contributed by atoms with Crippen molar-refractivity contribution in [1.29, 1.82) is 0 Å². The van der Waals surface area contributed by atoms with Gasteiger partial charge in [-0.3, -0.25) is 28.8 Å². The van der Waals surface area contributed by atoms with Crippen LogP contribution in [0.1, 0.15) is 78.1 Å². The van der Waals surface area contributed by atoms with Gasteiger partial charge < -0.3 is 42.1 Å². The molecule has 6 atom stereocenters. The van der Waals surface area contributed by atoms with Crippen molar-refractivity contribution < 1.29 is 48.6 Å². The Bertz CT molecular complexity index is 4730. The van der Waals surface area contributed by atoms with Crippen LogP contribution in [0, 0.1) is 0 Å². The number of aromatic carboxylic acids is 2. The molecule has 12 rings (SSSR count). The quantitative estimate of drug-likeness (QED) is 0.0173. The fraction of sp³-hybridized carbons (Fsp3) is 0.182. The van der Waals surface area contributed by atoms with Crippen molar-refractivity contribution in [2.45, 2.75) is 99.1 Å². The first kappa shape index (κ1) is 76.2. The summed E-state index contributed by atoms with van der Waals surface area (Å²) >= 11 is 3.07. The van der Waals surface area contributed by atoms with Crippen LogP contribution >= 0.6 is 44.3 Å². The maximum atomic E-state index is 15.7. The van der Waals surface area contributed by atoms with Gasteiger partial charge in [0.1, 0.15) is 24.2 Å². The number of hydrogen-bond acceptors (Lipinski definition) is 12. The van der Waals surface area contributed by atoms with E-state index in [9.17, 15) is 29.4 Å². The van der Waals surface area contributed by atoms with Gasteiger partial charge in [0.2, 0.25) is 35.4 Å². The molecular formula is C88H80N6O10S4. The first-order chi connectivity index (χ1) is 52.6. The molecule has 2 heterocycles.